The van der Waals surface area contributed by atoms with Crippen LogP contribution >= 0.6 is 27.5 Å². The van der Waals surface area contributed by atoms with Crippen molar-refractivity contribution >= 4 is 33.2 Å². The van der Waals surface area contributed by atoms with Crippen molar-refractivity contribution in [1.82, 2.24) is 0 Å². The van der Waals surface area contributed by atoms with E-state index >= 15 is 0 Å². The molecule has 1 aliphatic heterocycles. The number of nitrogens with one attached hydrogen (secondary N) is 1. The molecule has 17 heavy (non-hydrogen) atoms. The fourth-order valence-corrected chi connectivity index (χ4v) is 2.94. The molecule has 2 aromatic carbocycles. The summed E-state index contributed by atoms with van der Waals surface area (Å²) in [6, 6.07) is 14.7. The third-order valence-electron chi connectivity index (χ3n) is 3.11. The first-order chi connectivity index (χ1) is 8.24. The van der Waals surface area contributed by atoms with Gasteiger partial charge in [-0.15, -0.1) is 0 Å². The lowest BCUT2D eigenvalue weighted by Gasteiger charge is -2.11. The molecule has 0 saturated carbocycles. The Bertz CT molecular complexity index is 568. The Hall–Kier alpha value is -0.990. The third kappa shape index (κ3) is 2.07. The van der Waals surface area contributed by atoms with Crippen LogP contribution in [-0.2, 0) is 6.42 Å². The summed E-state index contributed by atoms with van der Waals surface area (Å²) in [5.74, 6) is 0. The highest BCUT2D eigenvalue weighted by atomic mass is 79.9. The van der Waals surface area contributed by atoms with Gasteiger partial charge in [0, 0.05) is 21.6 Å². The highest BCUT2D eigenvalue weighted by Crippen LogP contribution is 2.38. The van der Waals surface area contributed by atoms with Gasteiger partial charge in [-0.2, -0.15) is 0 Å². The predicted molar refractivity (Wildman–Crippen MR) is 75.7 cm³/mol. The molecule has 1 atom stereocenters. The van der Waals surface area contributed by atoms with Crippen molar-refractivity contribution in [3.8, 4) is 0 Å². The number of rotatable bonds is 1. The van der Waals surface area contributed by atoms with Gasteiger partial charge in [0.25, 0.3) is 0 Å². The van der Waals surface area contributed by atoms with Gasteiger partial charge >= 0.3 is 0 Å². The van der Waals surface area contributed by atoms with Gasteiger partial charge in [0.05, 0.1) is 6.04 Å². The van der Waals surface area contributed by atoms with Crippen LogP contribution in [0.5, 0.6) is 0 Å². The van der Waals surface area contributed by atoms with Crippen molar-refractivity contribution in [2.75, 3.05) is 5.32 Å². The van der Waals surface area contributed by atoms with E-state index in [9.17, 15) is 0 Å². The number of anilines is 1. The highest BCUT2D eigenvalue weighted by Gasteiger charge is 2.23. The van der Waals surface area contributed by atoms with Gasteiger partial charge < -0.3 is 5.32 Å². The molecule has 1 N–H and O–H groups in total. The highest BCUT2D eigenvalue weighted by molar-refractivity contribution is 9.10. The summed E-state index contributed by atoms with van der Waals surface area (Å²) in [7, 11) is 0. The SMILES string of the molecule is Clc1cccc2c1CC(c1cccc(Br)c1)N2. The summed E-state index contributed by atoms with van der Waals surface area (Å²) in [6.07, 6.45) is 0.950. The van der Waals surface area contributed by atoms with Crippen LogP contribution < -0.4 is 5.32 Å². The molecule has 0 fully saturated rings. The standard InChI is InChI=1S/C14H11BrClN/c15-10-4-1-3-9(7-10)14-8-11-12(16)5-2-6-13(11)17-14/h1-7,14,17H,8H2. The van der Waals surface area contributed by atoms with Crippen molar-refractivity contribution < 1.29 is 0 Å². The predicted octanol–water partition coefficient (Wildman–Crippen LogP) is 4.81. The van der Waals surface area contributed by atoms with Gasteiger partial charge in [-0.05, 0) is 35.4 Å². The molecule has 1 heterocycles. The summed E-state index contributed by atoms with van der Waals surface area (Å²) >= 11 is 9.71. The maximum atomic E-state index is 6.20. The first kappa shape index (κ1) is 11.1. The maximum Gasteiger partial charge on any atom is 0.0555 e. The van der Waals surface area contributed by atoms with E-state index in [1.807, 2.05) is 18.2 Å². The Labute approximate surface area is 114 Å². The molecule has 86 valence electrons. The third-order valence-corrected chi connectivity index (χ3v) is 3.96. The van der Waals surface area contributed by atoms with E-state index in [4.69, 9.17) is 11.6 Å². The van der Waals surface area contributed by atoms with Crippen LogP contribution in [0, 0.1) is 0 Å². The van der Waals surface area contributed by atoms with Crippen LogP contribution in [0.4, 0.5) is 5.69 Å². The average Bonchev–Trinajstić information content (AvgIpc) is 2.74. The van der Waals surface area contributed by atoms with Crippen molar-refractivity contribution in [2.45, 2.75) is 12.5 Å². The largest absolute Gasteiger partial charge is 0.378 e. The quantitative estimate of drug-likeness (QED) is 0.797. The van der Waals surface area contributed by atoms with E-state index in [-0.39, 0.29) is 0 Å². The van der Waals surface area contributed by atoms with Crippen molar-refractivity contribution in [3.05, 3.63) is 63.1 Å². The first-order valence-electron chi connectivity index (χ1n) is 5.53. The smallest absolute Gasteiger partial charge is 0.0555 e. The maximum absolute atomic E-state index is 6.20. The number of halogens is 2. The minimum Gasteiger partial charge on any atom is -0.378 e. The van der Waals surface area contributed by atoms with Crippen molar-refractivity contribution in [1.29, 1.82) is 0 Å². The topological polar surface area (TPSA) is 12.0 Å². The van der Waals surface area contributed by atoms with Crippen LogP contribution in [0.1, 0.15) is 17.2 Å². The average molecular weight is 309 g/mol. The number of benzene rings is 2. The zero-order valence-electron chi connectivity index (χ0n) is 9.08. The van der Waals surface area contributed by atoms with E-state index in [0.29, 0.717) is 6.04 Å². The summed E-state index contributed by atoms with van der Waals surface area (Å²) in [5, 5.41) is 4.37. The normalized spacial score (nSPS) is 17.6. The van der Waals surface area contributed by atoms with Gasteiger partial charge in [-0.25, -0.2) is 0 Å². The summed E-state index contributed by atoms with van der Waals surface area (Å²) in [5.41, 5.74) is 3.66. The number of hydrogen-bond acceptors (Lipinski definition) is 1. The molecule has 3 heteroatoms. The molecular formula is C14H11BrClN. The van der Waals surface area contributed by atoms with Gasteiger partial charge in [0.15, 0.2) is 0 Å². The van der Waals surface area contributed by atoms with Crippen LogP contribution in [0.3, 0.4) is 0 Å². The Morgan fingerprint density at radius 1 is 1.18 bits per heavy atom. The molecule has 1 nitrogen and oxygen atoms in total. The molecule has 2 aromatic rings. The van der Waals surface area contributed by atoms with Gasteiger partial charge in [0.1, 0.15) is 0 Å². The monoisotopic (exact) mass is 307 g/mol. The fraction of sp³-hybridized carbons (Fsp3) is 0.143. The van der Waals surface area contributed by atoms with E-state index in [2.05, 4.69) is 45.5 Å². The number of hydrogen-bond donors (Lipinski definition) is 1. The van der Waals surface area contributed by atoms with E-state index < -0.39 is 0 Å². The molecule has 0 amide bonds. The molecule has 0 spiro atoms. The lowest BCUT2D eigenvalue weighted by molar-refractivity contribution is 0.823. The second kappa shape index (κ2) is 4.35. The van der Waals surface area contributed by atoms with Crippen LogP contribution in [0.15, 0.2) is 46.9 Å². The molecule has 0 aliphatic carbocycles. The molecule has 0 aromatic heterocycles. The lowest BCUT2D eigenvalue weighted by Crippen LogP contribution is -2.05. The summed E-state index contributed by atoms with van der Waals surface area (Å²) in [4.78, 5) is 0. The zero-order chi connectivity index (χ0) is 11.8. The molecule has 1 unspecified atom stereocenters. The minimum absolute atomic E-state index is 0.322. The zero-order valence-corrected chi connectivity index (χ0v) is 11.4. The second-order valence-electron chi connectivity index (χ2n) is 4.22. The van der Waals surface area contributed by atoms with Crippen molar-refractivity contribution in [2.24, 2.45) is 0 Å². The molecular weight excluding hydrogens is 298 g/mol. The van der Waals surface area contributed by atoms with Crippen LogP contribution in [0.25, 0.3) is 0 Å². The Morgan fingerprint density at radius 3 is 2.76 bits per heavy atom. The van der Waals surface area contributed by atoms with Gasteiger partial charge in [-0.3, -0.25) is 0 Å². The van der Waals surface area contributed by atoms with Crippen molar-refractivity contribution in [3.63, 3.8) is 0 Å². The summed E-state index contributed by atoms with van der Waals surface area (Å²) in [6.45, 7) is 0. The molecule has 1 aliphatic rings. The number of fused-ring (bicyclic) bond motifs is 1. The van der Waals surface area contributed by atoms with Crippen LogP contribution in [0.2, 0.25) is 5.02 Å². The van der Waals surface area contributed by atoms with Gasteiger partial charge in [0.2, 0.25) is 0 Å². The Morgan fingerprint density at radius 2 is 2.00 bits per heavy atom. The minimum atomic E-state index is 0.322. The molecule has 3 rings (SSSR count). The van der Waals surface area contributed by atoms with Gasteiger partial charge in [-0.1, -0.05) is 45.7 Å². The molecule has 0 radical (unpaired) electrons. The van der Waals surface area contributed by atoms with E-state index in [1.165, 1.54) is 11.1 Å². The Balaban J connectivity index is 1.94. The molecule has 0 bridgehead atoms. The summed E-state index contributed by atoms with van der Waals surface area (Å²) < 4.78 is 1.11. The fourth-order valence-electron chi connectivity index (χ4n) is 2.27. The van der Waals surface area contributed by atoms with E-state index in [1.54, 1.807) is 0 Å². The molecule has 0 saturated heterocycles. The second-order valence-corrected chi connectivity index (χ2v) is 5.54. The Kier molecular flexibility index (Phi) is 2.85. The first-order valence-corrected chi connectivity index (χ1v) is 6.70. The lowest BCUT2D eigenvalue weighted by atomic mass is 10.0. The van der Waals surface area contributed by atoms with E-state index in [0.717, 1.165) is 21.6 Å². The van der Waals surface area contributed by atoms with Crippen LogP contribution in [-0.4, -0.2) is 0 Å².